The van der Waals surface area contributed by atoms with E-state index in [-0.39, 0.29) is 6.04 Å². The van der Waals surface area contributed by atoms with E-state index >= 15 is 0 Å². The summed E-state index contributed by atoms with van der Waals surface area (Å²) in [6.45, 7) is 4.24. The van der Waals surface area contributed by atoms with Crippen molar-refractivity contribution in [1.82, 2.24) is 0 Å². The lowest BCUT2D eigenvalue weighted by molar-refractivity contribution is 0.409. The Balaban J connectivity index is 2.21. The summed E-state index contributed by atoms with van der Waals surface area (Å²) in [6.07, 6.45) is 0.852. The SMILES string of the molecule is COc1ccsc1C(N)Cc1cc(C)ccc1C. The lowest BCUT2D eigenvalue weighted by atomic mass is 9.98. The van der Waals surface area contributed by atoms with E-state index in [1.165, 1.54) is 16.7 Å². The van der Waals surface area contributed by atoms with Crippen LogP contribution in [0.25, 0.3) is 0 Å². The molecular formula is C15H19NOS. The van der Waals surface area contributed by atoms with Crippen LogP contribution in [0.1, 0.15) is 27.6 Å². The summed E-state index contributed by atoms with van der Waals surface area (Å²) in [7, 11) is 1.69. The van der Waals surface area contributed by atoms with Crippen molar-refractivity contribution in [1.29, 1.82) is 0 Å². The molecule has 0 radical (unpaired) electrons. The Kier molecular flexibility index (Phi) is 4.04. The summed E-state index contributed by atoms with van der Waals surface area (Å²) in [5.41, 5.74) is 10.2. The Morgan fingerprint density at radius 3 is 2.78 bits per heavy atom. The van der Waals surface area contributed by atoms with Gasteiger partial charge >= 0.3 is 0 Å². The molecule has 2 rings (SSSR count). The van der Waals surface area contributed by atoms with Crippen LogP contribution in [0.3, 0.4) is 0 Å². The van der Waals surface area contributed by atoms with E-state index in [4.69, 9.17) is 10.5 Å². The molecule has 2 nitrogen and oxygen atoms in total. The second kappa shape index (κ2) is 5.55. The maximum Gasteiger partial charge on any atom is 0.134 e. The molecular weight excluding hydrogens is 242 g/mol. The fourth-order valence-electron chi connectivity index (χ4n) is 2.10. The fourth-order valence-corrected chi connectivity index (χ4v) is 2.96. The summed E-state index contributed by atoms with van der Waals surface area (Å²) in [6, 6.07) is 8.48. The van der Waals surface area contributed by atoms with E-state index in [9.17, 15) is 0 Å². The second-order valence-corrected chi connectivity index (χ2v) is 5.54. The lowest BCUT2D eigenvalue weighted by Gasteiger charge is -2.14. The minimum Gasteiger partial charge on any atom is -0.496 e. The number of aryl methyl sites for hydroxylation is 2. The molecule has 0 saturated carbocycles. The van der Waals surface area contributed by atoms with Crippen molar-refractivity contribution < 1.29 is 4.74 Å². The van der Waals surface area contributed by atoms with Gasteiger partial charge < -0.3 is 10.5 Å². The third kappa shape index (κ3) is 2.74. The first-order chi connectivity index (χ1) is 8.61. The number of nitrogens with two attached hydrogens (primary N) is 1. The molecule has 0 bridgehead atoms. The topological polar surface area (TPSA) is 35.2 Å². The van der Waals surface area contributed by atoms with Crippen LogP contribution in [0, 0.1) is 13.8 Å². The minimum atomic E-state index is 0.000417. The number of hydrogen-bond acceptors (Lipinski definition) is 3. The fraction of sp³-hybridized carbons (Fsp3) is 0.333. The number of hydrogen-bond donors (Lipinski definition) is 1. The predicted octanol–water partition coefficient (Wildman–Crippen LogP) is 3.62. The van der Waals surface area contributed by atoms with Crippen molar-refractivity contribution >= 4 is 11.3 Å². The Hall–Kier alpha value is -1.32. The summed E-state index contributed by atoms with van der Waals surface area (Å²) >= 11 is 1.66. The van der Waals surface area contributed by atoms with Crippen molar-refractivity contribution in [2.45, 2.75) is 26.3 Å². The quantitative estimate of drug-likeness (QED) is 0.912. The van der Waals surface area contributed by atoms with E-state index in [1.54, 1.807) is 18.4 Å². The van der Waals surface area contributed by atoms with Crippen LogP contribution in [0.2, 0.25) is 0 Å². The molecule has 2 N–H and O–H groups in total. The van der Waals surface area contributed by atoms with Gasteiger partial charge in [-0.1, -0.05) is 23.8 Å². The summed E-state index contributed by atoms with van der Waals surface area (Å²) in [4.78, 5) is 1.12. The standard InChI is InChI=1S/C15H19NOS/c1-10-4-5-11(2)12(8-10)9-13(16)15-14(17-3)6-7-18-15/h4-8,13H,9,16H2,1-3H3. The molecule has 0 amide bonds. The van der Waals surface area contributed by atoms with Crippen LogP contribution >= 0.6 is 11.3 Å². The Morgan fingerprint density at radius 1 is 1.28 bits per heavy atom. The van der Waals surface area contributed by atoms with Crippen LogP contribution in [-0.2, 0) is 6.42 Å². The number of ether oxygens (including phenoxy) is 1. The molecule has 96 valence electrons. The number of methoxy groups -OCH3 is 1. The van der Waals surface area contributed by atoms with Gasteiger partial charge in [0.2, 0.25) is 0 Å². The zero-order valence-electron chi connectivity index (χ0n) is 11.1. The molecule has 1 heterocycles. The number of rotatable bonds is 4. The van der Waals surface area contributed by atoms with Crippen LogP contribution in [0.5, 0.6) is 5.75 Å². The van der Waals surface area contributed by atoms with Gasteiger partial charge in [0.1, 0.15) is 5.75 Å². The average Bonchev–Trinajstić information content (AvgIpc) is 2.82. The van der Waals surface area contributed by atoms with Gasteiger partial charge in [0.05, 0.1) is 12.0 Å². The monoisotopic (exact) mass is 261 g/mol. The number of thiophene rings is 1. The Labute approximate surface area is 112 Å². The molecule has 3 heteroatoms. The molecule has 1 aromatic carbocycles. The first kappa shape index (κ1) is 13.1. The van der Waals surface area contributed by atoms with Crippen LogP contribution in [0.15, 0.2) is 29.6 Å². The minimum absolute atomic E-state index is 0.000417. The first-order valence-corrected chi connectivity index (χ1v) is 6.93. The number of benzene rings is 1. The van der Waals surface area contributed by atoms with Crippen LogP contribution < -0.4 is 10.5 Å². The van der Waals surface area contributed by atoms with Gasteiger partial charge in [-0.05, 0) is 42.8 Å². The average molecular weight is 261 g/mol. The van der Waals surface area contributed by atoms with E-state index in [0.29, 0.717) is 0 Å². The maximum atomic E-state index is 6.30. The molecule has 1 atom stereocenters. The highest BCUT2D eigenvalue weighted by Crippen LogP contribution is 2.31. The molecule has 0 aliphatic heterocycles. The predicted molar refractivity (Wildman–Crippen MR) is 77.4 cm³/mol. The second-order valence-electron chi connectivity index (χ2n) is 4.59. The normalized spacial score (nSPS) is 12.4. The Bertz CT molecular complexity index is 533. The smallest absolute Gasteiger partial charge is 0.134 e. The molecule has 18 heavy (non-hydrogen) atoms. The maximum absolute atomic E-state index is 6.30. The molecule has 0 saturated heterocycles. The van der Waals surface area contributed by atoms with Crippen molar-refractivity contribution in [3.8, 4) is 5.75 Å². The Morgan fingerprint density at radius 2 is 2.06 bits per heavy atom. The zero-order chi connectivity index (χ0) is 13.1. The highest BCUT2D eigenvalue weighted by atomic mass is 32.1. The molecule has 0 fully saturated rings. The third-order valence-corrected chi connectivity index (χ3v) is 4.19. The zero-order valence-corrected chi connectivity index (χ0v) is 11.9. The summed E-state index contributed by atoms with van der Waals surface area (Å²) < 4.78 is 5.33. The summed E-state index contributed by atoms with van der Waals surface area (Å²) in [5, 5.41) is 2.02. The molecule has 0 aliphatic rings. The van der Waals surface area contributed by atoms with Gasteiger partial charge in [0.25, 0.3) is 0 Å². The summed E-state index contributed by atoms with van der Waals surface area (Å²) in [5.74, 6) is 0.901. The molecule has 2 aromatic rings. The largest absolute Gasteiger partial charge is 0.496 e. The van der Waals surface area contributed by atoms with Gasteiger partial charge in [-0.2, -0.15) is 0 Å². The molecule has 1 unspecified atom stereocenters. The van der Waals surface area contributed by atoms with Crippen LogP contribution in [-0.4, -0.2) is 7.11 Å². The van der Waals surface area contributed by atoms with Gasteiger partial charge in [0, 0.05) is 6.04 Å². The van der Waals surface area contributed by atoms with Crippen molar-refractivity contribution in [2.75, 3.05) is 7.11 Å². The highest BCUT2D eigenvalue weighted by Gasteiger charge is 2.15. The molecule has 1 aromatic heterocycles. The highest BCUT2D eigenvalue weighted by molar-refractivity contribution is 7.10. The van der Waals surface area contributed by atoms with Crippen molar-refractivity contribution in [2.24, 2.45) is 5.73 Å². The van der Waals surface area contributed by atoms with Crippen molar-refractivity contribution in [3.63, 3.8) is 0 Å². The van der Waals surface area contributed by atoms with Gasteiger partial charge in [-0.3, -0.25) is 0 Å². The molecule has 0 aliphatic carbocycles. The van der Waals surface area contributed by atoms with E-state index in [1.807, 2.05) is 11.4 Å². The third-order valence-electron chi connectivity index (χ3n) is 3.16. The molecule has 0 spiro atoms. The van der Waals surface area contributed by atoms with E-state index in [2.05, 4.69) is 32.0 Å². The van der Waals surface area contributed by atoms with E-state index in [0.717, 1.165) is 17.0 Å². The van der Waals surface area contributed by atoms with E-state index < -0.39 is 0 Å². The van der Waals surface area contributed by atoms with Gasteiger partial charge in [-0.25, -0.2) is 0 Å². The van der Waals surface area contributed by atoms with Crippen LogP contribution in [0.4, 0.5) is 0 Å². The van der Waals surface area contributed by atoms with Gasteiger partial charge in [-0.15, -0.1) is 11.3 Å². The first-order valence-electron chi connectivity index (χ1n) is 6.05. The van der Waals surface area contributed by atoms with Crippen molar-refractivity contribution in [3.05, 3.63) is 51.2 Å². The van der Waals surface area contributed by atoms with Gasteiger partial charge in [0.15, 0.2) is 0 Å². The lowest BCUT2D eigenvalue weighted by Crippen LogP contribution is -2.13.